The van der Waals surface area contributed by atoms with Crippen molar-refractivity contribution in [2.24, 2.45) is 7.05 Å². The highest BCUT2D eigenvalue weighted by Gasteiger charge is 2.13. The molecule has 0 aliphatic carbocycles. The lowest BCUT2D eigenvalue weighted by atomic mass is 10.2. The average Bonchev–Trinajstić information content (AvgIpc) is 2.72. The van der Waals surface area contributed by atoms with Gasteiger partial charge in [-0.2, -0.15) is 0 Å². The molecule has 1 aromatic carbocycles. The SMILES string of the molecule is CC(Nc1cc(Cl)c(Cl)cc1Cl)c1nccn1C. The number of nitrogens with one attached hydrogen (secondary N) is 1. The molecule has 0 saturated carbocycles. The Morgan fingerprint density at radius 3 is 2.44 bits per heavy atom. The van der Waals surface area contributed by atoms with Crippen LogP contribution in [0.1, 0.15) is 18.8 Å². The summed E-state index contributed by atoms with van der Waals surface area (Å²) >= 11 is 18.0. The van der Waals surface area contributed by atoms with E-state index in [1.165, 1.54) is 0 Å². The van der Waals surface area contributed by atoms with Crippen LogP contribution >= 0.6 is 34.8 Å². The van der Waals surface area contributed by atoms with Crippen molar-refractivity contribution < 1.29 is 0 Å². The van der Waals surface area contributed by atoms with Gasteiger partial charge in [0.25, 0.3) is 0 Å². The fourth-order valence-corrected chi connectivity index (χ4v) is 2.33. The standard InChI is InChI=1S/C12H12Cl3N3/c1-7(12-16-3-4-18(12)2)17-11-6-9(14)8(13)5-10(11)15/h3-7,17H,1-2H3. The molecule has 96 valence electrons. The van der Waals surface area contributed by atoms with Gasteiger partial charge in [-0.25, -0.2) is 4.98 Å². The number of benzene rings is 1. The van der Waals surface area contributed by atoms with Crippen molar-refractivity contribution in [3.8, 4) is 0 Å². The molecule has 0 spiro atoms. The molecule has 1 atom stereocenters. The van der Waals surface area contributed by atoms with E-state index >= 15 is 0 Å². The van der Waals surface area contributed by atoms with E-state index in [0.717, 1.165) is 11.5 Å². The first-order valence-electron chi connectivity index (χ1n) is 5.37. The van der Waals surface area contributed by atoms with Crippen LogP contribution in [0.15, 0.2) is 24.5 Å². The van der Waals surface area contributed by atoms with Crippen LogP contribution in [-0.4, -0.2) is 9.55 Å². The van der Waals surface area contributed by atoms with Gasteiger partial charge in [0.15, 0.2) is 0 Å². The maximum atomic E-state index is 6.11. The second-order valence-electron chi connectivity index (χ2n) is 4.01. The first kappa shape index (κ1) is 13.5. The van der Waals surface area contributed by atoms with Crippen molar-refractivity contribution in [3.05, 3.63) is 45.4 Å². The first-order chi connectivity index (χ1) is 8.49. The number of aromatic nitrogens is 2. The summed E-state index contributed by atoms with van der Waals surface area (Å²) in [4.78, 5) is 4.28. The van der Waals surface area contributed by atoms with Gasteiger partial charge >= 0.3 is 0 Å². The fraction of sp³-hybridized carbons (Fsp3) is 0.250. The summed E-state index contributed by atoms with van der Waals surface area (Å²) in [5.74, 6) is 0.914. The molecule has 0 aliphatic rings. The largest absolute Gasteiger partial charge is 0.374 e. The smallest absolute Gasteiger partial charge is 0.130 e. The van der Waals surface area contributed by atoms with Gasteiger partial charge in [-0.05, 0) is 19.1 Å². The van der Waals surface area contributed by atoms with E-state index in [9.17, 15) is 0 Å². The fourth-order valence-electron chi connectivity index (χ4n) is 1.73. The molecule has 18 heavy (non-hydrogen) atoms. The second kappa shape index (κ2) is 5.39. The molecule has 0 radical (unpaired) electrons. The Bertz CT molecular complexity index is 566. The number of rotatable bonds is 3. The summed E-state index contributed by atoms with van der Waals surface area (Å²) < 4.78 is 1.95. The van der Waals surface area contributed by atoms with E-state index in [-0.39, 0.29) is 6.04 Å². The first-order valence-corrected chi connectivity index (χ1v) is 6.50. The number of halogens is 3. The predicted octanol–water partition coefficient (Wildman–Crippen LogP) is 4.55. The van der Waals surface area contributed by atoms with E-state index in [0.29, 0.717) is 15.1 Å². The summed E-state index contributed by atoms with van der Waals surface area (Å²) in [6, 6.07) is 3.35. The average molecular weight is 305 g/mol. The van der Waals surface area contributed by atoms with E-state index in [1.807, 2.05) is 24.7 Å². The van der Waals surface area contributed by atoms with Crippen LogP contribution in [0.4, 0.5) is 5.69 Å². The van der Waals surface area contributed by atoms with Crippen molar-refractivity contribution in [2.45, 2.75) is 13.0 Å². The van der Waals surface area contributed by atoms with Crippen LogP contribution in [0, 0.1) is 0 Å². The highest BCUT2D eigenvalue weighted by atomic mass is 35.5. The Morgan fingerprint density at radius 2 is 1.83 bits per heavy atom. The zero-order chi connectivity index (χ0) is 13.3. The summed E-state index contributed by atoms with van der Waals surface area (Å²) in [7, 11) is 1.94. The maximum absolute atomic E-state index is 6.11. The molecule has 2 aromatic rings. The van der Waals surface area contributed by atoms with Crippen LogP contribution in [0.2, 0.25) is 15.1 Å². The van der Waals surface area contributed by atoms with Crippen LogP contribution in [0.5, 0.6) is 0 Å². The minimum absolute atomic E-state index is 0.0137. The van der Waals surface area contributed by atoms with Crippen molar-refractivity contribution in [1.29, 1.82) is 0 Å². The lowest BCUT2D eigenvalue weighted by Gasteiger charge is -2.16. The molecule has 1 N–H and O–H groups in total. The van der Waals surface area contributed by atoms with Crippen LogP contribution in [0.25, 0.3) is 0 Å². The van der Waals surface area contributed by atoms with E-state index in [4.69, 9.17) is 34.8 Å². The predicted molar refractivity (Wildman–Crippen MR) is 76.7 cm³/mol. The Hall–Kier alpha value is -0.900. The highest BCUT2D eigenvalue weighted by Crippen LogP contribution is 2.33. The van der Waals surface area contributed by atoms with Crippen molar-refractivity contribution in [2.75, 3.05) is 5.32 Å². The van der Waals surface area contributed by atoms with Gasteiger partial charge in [0.2, 0.25) is 0 Å². The molecule has 0 fully saturated rings. The Kier molecular flexibility index (Phi) is 4.05. The van der Waals surface area contributed by atoms with E-state index in [2.05, 4.69) is 10.3 Å². The lowest BCUT2D eigenvalue weighted by Crippen LogP contribution is -2.12. The summed E-state index contributed by atoms with van der Waals surface area (Å²) in [5.41, 5.74) is 0.738. The van der Waals surface area contributed by atoms with Gasteiger partial charge in [0.05, 0.1) is 26.8 Å². The van der Waals surface area contributed by atoms with E-state index in [1.54, 1.807) is 18.3 Å². The van der Waals surface area contributed by atoms with Crippen molar-refractivity contribution in [3.63, 3.8) is 0 Å². The van der Waals surface area contributed by atoms with Gasteiger partial charge in [0.1, 0.15) is 5.82 Å². The number of anilines is 1. The van der Waals surface area contributed by atoms with Gasteiger partial charge in [-0.15, -0.1) is 0 Å². The van der Waals surface area contributed by atoms with E-state index < -0.39 is 0 Å². The molecule has 2 rings (SSSR count). The van der Waals surface area contributed by atoms with Gasteiger partial charge < -0.3 is 9.88 Å². The summed E-state index contributed by atoms with van der Waals surface area (Å²) in [6.07, 6.45) is 3.65. The van der Waals surface area contributed by atoms with Crippen molar-refractivity contribution in [1.82, 2.24) is 9.55 Å². The summed E-state index contributed by atoms with van der Waals surface area (Å²) in [5, 5.41) is 4.71. The number of hydrogen-bond donors (Lipinski definition) is 1. The molecule has 1 heterocycles. The van der Waals surface area contributed by atoms with Gasteiger partial charge in [0, 0.05) is 19.4 Å². The molecule has 0 amide bonds. The Labute approximate surface area is 121 Å². The zero-order valence-corrected chi connectivity index (χ0v) is 12.2. The van der Waals surface area contributed by atoms with Crippen molar-refractivity contribution >= 4 is 40.5 Å². The normalized spacial score (nSPS) is 12.5. The third-order valence-corrected chi connectivity index (χ3v) is 3.66. The van der Waals surface area contributed by atoms with Crippen LogP contribution in [0.3, 0.4) is 0 Å². The third-order valence-electron chi connectivity index (χ3n) is 2.63. The quantitative estimate of drug-likeness (QED) is 0.843. The zero-order valence-electron chi connectivity index (χ0n) is 9.92. The molecular formula is C12H12Cl3N3. The molecule has 0 aliphatic heterocycles. The minimum Gasteiger partial charge on any atom is -0.374 e. The highest BCUT2D eigenvalue weighted by molar-refractivity contribution is 6.44. The second-order valence-corrected chi connectivity index (χ2v) is 5.23. The van der Waals surface area contributed by atoms with Crippen LogP contribution in [-0.2, 0) is 7.05 Å². The number of imidazole rings is 1. The molecular weight excluding hydrogens is 293 g/mol. The molecule has 0 saturated heterocycles. The molecule has 1 aromatic heterocycles. The maximum Gasteiger partial charge on any atom is 0.130 e. The lowest BCUT2D eigenvalue weighted by molar-refractivity contribution is 0.722. The number of nitrogens with zero attached hydrogens (tertiary/aromatic N) is 2. The van der Waals surface area contributed by atoms with Gasteiger partial charge in [-0.3, -0.25) is 0 Å². The number of aryl methyl sites for hydroxylation is 1. The summed E-state index contributed by atoms with van der Waals surface area (Å²) in [6.45, 7) is 2.00. The molecule has 6 heteroatoms. The monoisotopic (exact) mass is 303 g/mol. The van der Waals surface area contributed by atoms with Gasteiger partial charge in [-0.1, -0.05) is 34.8 Å². The Balaban J connectivity index is 2.24. The third kappa shape index (κ3) is 2.74. The van der Waals surface area contributed by atoms with Crippen LogP contribution < -0.4 is 5.32 Å². The topological polar surface area (TPSA) is 29.9 Å². The number of hydrogen-bond acceptors (Lipinski definition) is 2. The molecule has 0 bridgehead atoms. The Morgan fingerprint density at radius 1 is 1.17 bits per heavy atom. The molecule has 3 nitrogen and oxygen atoms in total. The molecule has 1 unspecified atom stereocenters. The minimum atomic E-state index is 0.0137.